The van der Waals surface area contributed by atoms with Crippen molar-refractivity contribution >= 4 is 11.7 Å². The zero-order chi connectivity index (χ0) is 23.4. The second-order valence-corrected chi connectivity index (χ2v) is 8.96. The fraction of sp³-hybridized carbons (Fsp3) is 0.370. The summed E-state index contributed by atoms with van der Waals surface area (Å²) in [6.45, 7) is 9.69. The molecule has 2 heterocycles. The Morgan fingerprint density at radius 2 is 1.82 bits per heavy atom. The molecule has 1 N–H and O–H groups in total. The van der Waals surface area contributed by atoms with Crippen LogP contribution in [0.4, 0.5) is 5.82 Å². The van der Waals surface area contributed by atoms with Crippen molar-refractivity contribution in [3.05, 3.63) is 77.1 Å². The molecule has 3 aromatic rings. The van der Waals surface area contributed by atoms with Crippen LogP contribution >= 0.6 is 0 Å². The number of carbonyl (C=O) groups excluding carboxylic acids is 1. The molecule has 0 radical (unpaired) electrons. The second-order valence-electron chi connectivity index (χ2n) is 8.96. The molecule has 0 saturated carbocycles. The highest BCUT2D eigenvalue weighted by atomic mass is 16.5. The number of aromatic nitrogens is 2. The minimum absolute atomic E-state index is 0.0378. The zero-order valence-corrected chi connectivity index (χ0v) is 19.8. The van der Waals surface area contributed by atoms with Gasteiger partial charge in [-0.3, -0.25) is 4.79 Å². The van der Waals surface area contributed by atoms with Crippen molar-refractivity contribution in [2.75, 3.05) is 18.0 Å². The second kappa shape index (κ2) is 10.0. The Morgan fingerprint density at radius 3 is 2.58 bits per heavy atom. The van der Waals surface area contributed by atoms with Gasteiger partial charge in [-0.25, -0.2) is 9.97 Å². The van der Waals surface area contributed by atoms with E-state index in [0.29, 0.717) is 18.2 Å². The smallest absolute Gasteiger partial charge is 0.263 e. The lowest BCUT2D eigenvalue weighted by molar-refractivity contribution is -0.125. The number of rotatable bonds is 6. The van der Waals surface area contributed by atoms with Crippen LogP contribution < -0.4 is 15.0 Å². The van der Waals surface area contributed by atoms with Crippen LogP contribution in [-0.2, 0) is 4.79 Å². The van der Waals surface area contributed by atoms with Gasteiger partial charge in [-0.1, -0.05) is 35.9 Å². The van der Waals surface area contributed by atoms with Gasteiger partial charge in [-0.05, 0) is 69.4 Å². The molecular formula is C27H32N4O2. The Morgan fingerprint density at radius 1 is 1.06 bits per heavy atom. The predicted molar refractivity (Wildman–Crippen MR) is 131 cm³/mol. The van der Waals surface area contributed by atoms with E-state index in [1.165, 1.54) is 16.7 Å². The van der Waals surface area contributed by atoms with Gasteiger partial charge in [0, 0.05) is 25.5 Å². The minimum Gasteiger partial charge on any atom is -0.436 e. The van der Waals surface area contributed by atoms with E-state index in [4.69, 9.17) is 4.74 Å². The number of benzene rings is 2. The van der Waals surface area contributed by atoms with Crippen molar-refractivity contribution in [1.29, 1.82) is 0 Å². The fourth-order valence-electron chi connectivity index (χ4n) is 4.16. The molecule has 6 heteroatoms. The maximum Gasteiger partial charge on any atom is 0.263 e. The number of aryl methyl sites for hydroxylation is 3. The van der Waals surface area contributed by atoms with Crippen LogP contribution in [0.2, 0.25) is 0 Å². The van der Waals surface area contributed by atoms with Crippen molar-refractivity contribution in [1.82, 2.24) is 15.3 Å². The van der Waals surface area contributed by atoms with Crippen molar-refractivity contribution in [2.24, 2.45) is 5.92 Å². The lowest BCUT2D eigenvalue weighted by atomic mass is 9.96. The van der Waals surface area contributed by atoms with E-state index in [1.54, 1.807) is 12.4 Å². The molecule has 1 saturated heterocycles. The molecule has 1 aliphatic heterocycles. The lowest BCUT2D eigenvalue weighted by Gasteiger charge is -2.33. The van der Waals surface area contributed by atoms with Gasteiger partial charge in [0.1, 0.15) is 5.75 Å². The van der Waals surface area contributed by atoms with Crippen LogP contribution in [-0.4, -0.2) is 29.0 Å². The number of amides is 1. The number of hydrogen-bond donors (Lipinski definition) is 1. The number of ether oxygens (including phenoxy) is 1. The Labute approximate surface area is 196 Å². The van der Waals surface area contributed by atoms with Crippen LogP contribution in [0.5, 0.6) is 11.6 Å². The van der Waals surface area contributed by atoms with E-state index in [2.05, 4.69) is 52.2 Å². The Kier molecular flexibility index (Phi) is 6.92. The highest BCUT2D eigenvalue weighted by Gasteiger charge is 2.29. The highest BCUT2D eigenvalue weighted by Crippen LogP contribution is 2.31. The van der Waals surface area contributed by atoms with Gasteiger partial charge in [0.2, 0.25) is 5.91 Å². The molecule has 1 amide bonds. The molecule has 1 aliphatic rings. The standard InChI is InChI=1S/C27H32N4O2/c1-18-7-11-24(12-8-18)33-27-25(28-13-14-29-27)31-15-5-6-23(17-31)26(32)30-21(4)22-10-9-19(2)20(3)16-22/h7-14,16,21,23H,5-6,15,17H2,1-4H3,(H,30,32)/t21-,23+/m1/s1. The maximum atomic E-state index is 13.1. The van der Waals surface area contributed by atoms with E-state index in [-0.39, 0.29) is 17.9 Å². The van der Waals surface area contributed by atoms with Crippen LogP contribution in [0.15, 0.2) is 54.9 Å². The fourth-order valence-corrected chi connectivity index (χ4v) is 4.16. The van der Waals surface area contributed by atoms with Gasteiger partial charge in [0.25, 0.3) is 5.88 Å². The summed E-state index contributed by atoms with van der Waals surface area (Å²) >= 11 is 0. The summed E-state index contributed by atoms with van der Waals surface area (Å²) < 4.78 is 6.04. The van der Waals surface area contributed by atoms with Crippen molar-refractivity contribution in [3.8, 4) is 11.6 Å². The van der Waals surface area contributed by atoms with E-state index >= 15 is 0 Å². The van der Waals surface area contributed by atoms with Crippen LogP contribution in [0.25, 0.3) is 0 Å². The summed E-state index contributed by atoms with van der Waals surface area (Å²) in [4.78, 5) is 24.2. The number of nitrogens with zero attached hydrogens (tertiary/aromatic N) is 3. The van der Waals surface area contributed by atoms with Gasteiger partial charge in [0.15, 0.2) is 5.82 Å². The summed E-state index contributed by atoms with van der Waals surface area (Å²) in [6.07, 6.45) is 5.07. The van der Waals surface area contributed by atoms with Gasteiger partial charge < -0.3 is 15.0 Å². The first-order valence-electron chi connectivity index (χ1n) is 11.6. The monoisotopic (exact) mass is 444 g/mol. The molecule has 6 nitrogen and oxygen atoms in total. The summed E-state index contributed by atoms with van der Waals surface area (Å²) in [7, 11) is 0. The third kappa shape index (κ3) is 5.51. The number of nitrogens with one attached hydrogen (secondary N) is 1. The van der Waals surface area contributed by atoms with Crippen LogP contribution in [0, 0.1) is 26.7 Å². The van der Waals surface area contributed by atoms with Crippen molar-refractivity contribution in [3.63, 3.8) is 0 Å². The lowest BCUT2D eigenvalue weighted by Crippen LogP contribution is -2.44. The topological polar surface area (TPSA) is 67.4 Å². The summed E-state index contributed by atoms with van der Waals surface area (Å²) in [5, 5.41) is 3.21. The number of anilines is 1. The molecule has 4 rings (SSSR count). The average Bonchev–Trinajstić information content (AvgIpc) is 2.82. The van der Waals surface area contributed by atoms with E-state index in [1.807, 2.05) is 38.1 Å². The predicted octanol–water partition coefficient (Wildman–Crippen LogP) is 5.29. The molecule has 0 bridgehead atoms. The number of carbonyl (C=O) groups is 1. The molecule has 1 fully saturated rings. The molecule has 0 spiro atoms. The molecule has 0 aliphatic carbocycles. The van der Waals surface area contributed by atoms with Crippen LogP contribution in [0.1, 0.15) is 48.1 Å². The van der Waals surface area contributed by atoms with E-state index in [0.717, 1.165) is 30.7 Å². The van der Waals surface area contributed by atoms with Crippen molar-refractivity contribution in [2.45, 2.75) is 46.6 Å². The highest BCUT2D eigenvalue weighted by molar-refractivity contribution is 5.80. The molecular weight excluding hydrogens is 412 g/mol. The third-order valence-electron chi connectivity index (χ3n) is 6.36. The average molecular weight is 445 g/mol. The molecule has 2 aromatic carbocycles. The van der Waals surface area contributed by atoms with E-state index < -0.39 is 0 Å². The van der Waals surface area contributed by atoms with Gasteiger partial charge in [-0.2, -0.15) is 0 Å². The molecule has 0 unspecified atom stereocenters. The Bertz CT molecular complexity index is 1110. The number of piperidine rings is 1. The van der Waals surface area contributed by atoms with Gasteiger partial charge in [-0.15, -0.1) is 0 Å². The van der Waals surface area contributed by atoms with Gasteiger partial charge in [0.05, 0.1) is 12.0 Å². The minimum atomic E-state index is -0.109. The SMILES string of the molecule is Cc1ccc(Oc2nccnc2N2CCC[C@H](C(=O)N[C@H](C)c3ccc(C)c(C)c3)C2)cc1. The van der Waals surface area contributed by atoms with Crippen molar-refractivity contribution < 1.29 is 9.53 Å². The first kappa shape index (κ1) is 22.8. The Hall–Kier alpha value is -3.41. The first-order chi connectivity index (χ1) is 15.9. The molecule has 1 aromatic heterocycles. The molecule has 33 heavy (non-hydrogen) atoms. The number of hydrogen-bond acceptors (Lipinski definition) is 5. The summed E-state index contributed by atoms with van der Waals surface area (Å²) in [5.41, 5.74) is 4.79. The summed E-state index contributed by atoms with van der Waals surface area (Å²) in [6, 6.07) is 14.2. The molecule has 172 valence electrons. The zero-order valence-electron chi connectivity index (χ0n) is 19.8. The maximum absolute atomic E-state index is 13.1. The summed E-state index contributed by atoms with van der Waals surface area (Å²) in [5.74, 6) is 1.83. The third-order valence-corrected chi connectivity index (χ3v) is 6.36. The van der Waals surface area contributed by atoms with Crippen LogP contribution in [0.3, 0.4) is 0 Å². The largest absolute Gasteiger partial charge is 0.436 e. The van der Waals surface area contributed by atoms with E-state index in [9.17, 15) is 4.79 Å². The van der Waals surface area contributed by atoms with Gasteiger partial charge >= 0.3 is 0 Å². The Balaban J connectivity index is 1.44. The molecule has 2 atom stereocenters. The normalized spacial score (nSPS) is 16.8. The quantitative estimate of drug-likeness (QED) is 0.560. The first-order valence-corrected chi connectivity index (χ1v) is 11.6.